The Balaban J connectivity index is 1.79. The van der Waals surface area contributed by atoms with Crippen LogP contribution in [0.1, 0.15) is 10.4 Å². The van der Waals surface area contributed by atoms with Gasteiger partial charge in [0.2, 0.25) is 0 Å². The van der Waals surface area contributed by atoms with Crippen LogP contribution >= 0.6 is 11.6 Å². The fraction of sp³-hybridized carbons (Fsp3) is 0.0526. The molecule has 0 atom stereocenters. The summed E-state index contributed by atoms with van der Waals surface area (Å²) in [6, 6.07) is 17.7. The number of methoxy groups -OCH3 is 1. The van der Waals surface area contributed by atoms with Crippen molar-refractivity contribution in [2.75, 3.05) is 17.7 Å². The lowest BCUT2D eigenvalue weighted by atomic mass is 10.2. The average molecular weight is 354 g/mol. The Hall–Kier alpha value is -3.05. The largest absolute Gasteiger partial charge is 0.497 e. The molecule has 0 unspecified atom stereocenters. The Morgan fingerprint density at radius 1 is 1.00 bits per heavy atom. The molecule has 0 spiro atoms. The van der Waals surface area contributed by atoms with Gasteiger partial charge < -0.3 is 15.4 Å². The number of carbonyl (C=O) groups excluding carboxylic acids is 1. The van der Waals surface area contributed by atoms with E-state index < -0.39 is 0 Å². The lowest BCUT2D eigenvalue weighted by Crippen LogP contribution is -2.14. The predicted octanol–water partition coefficient (Wildman–Crippen LogP) is 4.74. The molecule has 3 aromatic rings. The second kappa shape index (κ2) is 7.68. The maximum atomic E-state index is 12.6. The second-order valence-corrected chi connectivity index (χ2v) is 5.65. The van der Waals surface area contributed by atoms with E-state index in [4.69, 9.17) is 16.3 Å². The van der Waals surface area contributed by atoms with E-state index >= 15 is 0 Å². The molecule has 3 rings (SSSR count). The minimum atomic E-state index is -0.255. The van der Waals surface area contributed by atoms with Crippen molar-refractivity contribution in [1.29, 1.82) is 0 Å². The molecule has 0 radical (unpaired) electrons. The van der Waals surface area contributed by atoms with Gasteiger partial charge >= 0.3 is 0 Å². The van der Waals surface area contributed by atoms with E-state index in [-0.39, 0.29) is 5.91 Å². The van der Waals surface area contributed by atoms with Crippen LogP contribution in [-0.4, -0.2) is 18.0 Å². The van der Waals surface area contributed by atoms with Crippen LogP contribution in [-0.2, 0) is 0 Å². The topological polar surface area (TPSA) is 63.2 Å². The second-order valence-electron chi connectivity index (χ2n) is 5.21. The number of pyridine rings is 1. The van der Waals surface area contributed by atoms with Crippen LogP contribution in [0.15, 0.2) is 66.9 Å². The van der Waals surface area contributed by atoms with E-state index in [0.717, 1.165) is 11.4 Å². The number of rotatable bonds is 5. The number of amides is 1. The van der Waals surface area contributed by atoms with Crippen molar-refractivity contribution in [3.63, 3.8) is 0 Å². The molecule has 1 aromatic heterocycles. The highest BCUT2D eigenvalue weighted by atomic mass is 35.5. The molecule has 0 saturated carbocycles. The van der Waals surface area contributed by atoms with Gasteiger partial charge in [0.25, 0.3) is 5.91 Å². The number of halogens is 1. The number of ether oxygens (including phenoxy) is 1. The van der Waals surface area contributed by atoms with Crippen molar-refractivity contribution in [2.45, 2.75) is 0 Å². The number of nitrogens with zero attached hydrogens (tertiary/aromatic N) is 1. The lowest BCUT2D eigenvalue weighted by molar-refractivity contribution is 0.102. The molecule has 0 saturated heterocycles. The molecule has 1 heterocycles. The van der Waals surface area contributed by atoms with Gasteiger partial charge in [-0.3, -0.25) is 4.79 Å². The van der Waals surface area contributed by atoms with Gasteiger partial charge in [0.05, 0.1) is 12.7 Å². The summed E-state index contributed by atoms with van der Waals surface area (Å²) < 4.78 is 5.11. The standard InChI is InChI=1S/C19H16ClN3O2/c1-25-16-10-8-15(9-11-16)23-19(24)17-3-2-12-21-18(17)22-14-6-4-13(20)5-7-14/h2-12H,1H3,(H,21,22)(H,23,24). The van der Waals surface area contributed by atoms with E-state index in [9.17, 15) is 4.79 Å². The molecule has 0 aliphatic carbocycles. The minimum Gasteiger partial charge on any atom is -0.497 e. The average Bonchev–Trinajstić information content (AvgIpc) is 2.64. The highest BCUT2D eigenvalue weighted by Gasteiger charge is 2.13. The zero-order valence-electron chi connectivity index (χ0n) is 13.5. The summed E-state index contributed by atoms with van der Waals surface area (Å²) in [4.78, 5) is 16.9. The molecule has 2 N–H and O–H groups in total. The van der Waals surface area contributed by atoms with E-state index in [1.165, 1.54) is 0 Å². The van der Waals surface area contributed by atoms with Crippen LogP contribution in [0.25, 0.3) is 0 Å². The molecule has 2 aromatic carbocycles. The van der Waals surface area contributed by atoms with Crippen LogP contribution in [0, 0.1) is 0 Å². The summed E-state index contributed by atoms with van der Waals surface area (Å²) in [5, 5.41) is 6.63. The van der Waals surface area contributed by atoms with E-state index in [1.54, 1.807) is 61.8 Å². The van der Waals surface area contributed by atoms with Crippen molar-refractivity contribution >= 4 is 34.7 Å². The summed E-state index contributed by atoms with van der Waals surface area (Å²) in [7, 11) is 1.60. The highest BCUT2D eigenvalue weighted by molar-refractivity contribution is 6.30. The first-order chi connectivity index (χ1) is 12.2. The first kappa shape index (κ1) is 16.8. The van der Waals surface area contributed by atoms with Gasteiger partial charge in [0, 0.05) is 22.6 Å². The monoisotopic (exact) mass is 353 g/mol. The summed E-state index contributed by atoms with van der Waals surface area (Å²) in [6.07, 6.45) is 1.63. The molecule has 25 heavy (non-hydrogen) atoms. The van der Waals surface area contributed by atoms with Crippen LogP contribution in [0.2, 0.25) is 5.02 Å². The van der Waals surface area contributed by atoms with Crippen molar-refractivity contribution in [1.82, 2.24) is 4.98 Å². The van der Waals surface area contributed by atoms with Gasteiger partial charge in [-0.05, 0) is 60.7 Å². The van der Waals surface area contributed by atoms with Crippen LogP contribution < -0.4 is 15.4 Å². The van der Waals surface area contributed by atoms with Gasteiger partial charge in [-0.2, -0.15) is 0 Å². The van der Waals surface area contributed by atoms with Crippen molar-refractivity contribution in [2.24, 2.45) is 0 Å². The SMILES string of the molecule is COc1ccc(NC(=O)c2cccnc2Nc2ccc(Cl)cc2)cc1. The minimum absolute atomic E-state index is 0.255. The first-order valence-electron chi connectivity index (χ1n) is 7.59. The molecule has 6 heteroatoms. The van der Waals surface area contributed by atoms with Gasteiger partial charge in [-0.15, -0.1) is 0 Å². The Morgan fingerprint density at radius 2 is 1.68 bits per heavy atom. The number of nitrogens with one attached hydrogen (secondary N) is 2. The van der Waals surface area contributed by atoms with E-state index in [1.807, 2.05) is 12.1 Å². The fourth-order valence-corrected chi connectivity index (χ4v) is 2.36. The zero-order valence-corrected chi connectivity index (χ0v) is 14.2. The molecule has 0 aliphatic heterocycles. The first-order valence-corrected chi connectivity index (χ1v) is 7.96. The quantitative estimate of drug-likeness (QED) is 0.695. The molecule has 5 nitrogen and oxygen atoms in total. The number of hydrogen-bond donors (Lipinski definition) is 2. The predicted molar refractivity (Wildman–Crippen MR) is 99.9 cm³/mol. The Bertz CT molecular complexity index is 865. The number of carbonyl (C=O) groups is 1. The van der Waals surface area contributed by atoms with Gasteiger partial charge in [-0.1, -0.05) is 11.6 Å². The summed E-state index contributed by atoms with van der Waals surface area (Å²) in [5.41, 5.74) is 1.90. The third-order valence-corrected chi connectivity index (χ3v) is 3.76. The molecular formula is C19H16ClN3O2. The van der Waals surface area contributed by atoms with Crippen molar-refractivity contribution in [3.05, 3.63) is 77.4 Å². The lowest BCUT2D eigenvalue weighted by Gasteiger charge is -2.11. The van der Waals surface area contributed by atoms with Gasteiger partial charge in [-0.25, -0.2) is 4.98 Å². The molecular weight excluding hydrogens is 338 g/mol. The van der Waals surface area contributed by atoms with Gasteiger partial charge in [0.15, 0.2) is 0 Å². The van der Waals surface area contributed by atoms with Crippen molar-refractivity contribution in [3.8, 4) is 5.75 Å². The van der Waals surface area contributed by atoms with Crippen LogP contribution in [0.4, 0.5) is 17.2 Å². The van der Waals surface area contributed by atoms with Gasteiger partial charge in [0.1, 0.15) is 11.6 Å². The van der Waals surface area contributed by atoms with Crippen LogP contribution in [0.5, 0.6) is 5.75 Å². The summed E-state index contributed by atoms with van der Waals surface area (Å²) in [6.45, 7) is 0. The van der Waals surface area contributed by atoms with E-state index in [2.05, 4.69) is 15.6 Å². The maximum absolute atomic E-state index is 12.6. The third-order valence-electron chi connectivity index (χ3n) is 3.51. The smallest absolute Gasteiger partial charge is 0.259 e. The Morgan fingerprint density at radius 3 is 2.36 bits per heavy atom. The molecule has 0 fully saturated rings. The number of anilines is 3. The Labute approximate surface area is 150 Å². The Kier molecular flexibility index (Phi) is 5.16. The fourth-order valence-electron chi connectivity index (χ4n) is 2.23. The third kappa shape index (κ3) is 4.28. The number of hydrogen-bond acceptors (Lipinski definition) is 4. The summed E-state index contributed by atoms with van der Waals surface area (Å²) in [5.74, 6) is 0.940. The molecule has 126 valence electrons. The normalized spacial score (nSPS) is 10.2. The number of aromatic nitrogens is 1. The van der Waals surface area contributed by atoms with Crippen molar-refractivity contribution < 1.29 is 9.53 Å². The molecule has 0 bridgehead atoms. The zero-order chi connectivity index (χ0) is 17.6. The van der Waals surface area contributed by atoms with Crippen LogP contribution in [0.3, 0.4) is 0 Å². The highest BCUT2D eigenvalue weighted by Crippen LogP contribution is 2.22. The maximum Gasteiger partial charge on any atom is 0.259 e. The molecule has 1 amide bonds. The molecule has 0 aliphatic rings. The van der Waals surface area contributed by atoms with E-state index in [0.29, 0.717) is 22.1 Å². The number of benzene rings is 2. The summed E-state index contributed by atoms with van der Waals surface area (Å²) >= 11 is 5.89.